The number of amides is 1. The van der Waals surface area contributed by atoms with Crippen molar-refractivity contribution in [3.63, 3.8) is 0 Å². The van der Waals surface area contributed by atoms with E-state index in [4.69, 9.17) is 11.6 Å². The van der Waals surface area contributed by atoms with Gasteiger partial charge < -0.3 is 10.2 Å². The number of nitrogens with zero attached hydrogens (tertiary/aromatic N) is 1. The van der Waals surface area contributed by atoms with E-state index in [1.165, 1.54) is 18.2 Å². The number of rotatable bonds is 8. The molecule has 0 aromatic heterocycles. The number of nitrogens with one attached hydrogen (secondary N) is 2. The first-order chi connectivity index (χ1) is 12.7. The molecule has 0 heterocycles. The average molecular weight is 410 g/mol. The minimum absolute atomic E-state index is 0.0214. The van der Waals surface area contributed by atoms with E-state index >= 15 is 0 Å². The van der Waals surface area contributed by atoms with Crippen molar-refractivity contribution in [2.24, 2.45) is 0 Å². The summed E-state index contributed by atoms with van der Waals surface area (Å²) in [6, 6.07) is 11.1. The van der Waals surface area contributed by atoms with Gasteiger partial charge in [-0.1, -0.05) is 23.7 Å². The summed E-state index contributed by atoms with van der Waals surface area (Å²) in [6.07, 6.45) is 0.781. The molecule has 0 saturated carbocycles. The number of benzene rings is 2. The third-order valence-electron chi connectivity index (χ3n) is 3.83. The lowest BCUT2D eigenvalue weighted by atomic mass is 10.2. The number of anilines is 1. The van der Waals surface area contributed by atoms with Gasteiger partial charge in [0.1, 0.15) is 0 Å². The van der Waals surface area contributed by atoms with Crippen molar-refractivity contribution >= 4 is 33.2 Å². The van der Waals surface area contributed by atoms with Crippen LogP contribution in [0.1, 0.15) is 22.3 Å². The monoisotopic (exact) mass is 409 g/mol. The average Bonchev–Trinajstić information content (AvgIpc) is 2.58. The molecule has 0 atom stereocenters. The van der Waals surface area contributed by atoms with Crippen molar-refractivity contribution in [3.05, 3.63) is 58.6 Å². The van der Waals surface area contributed by atoms with Gasteiger partial charge in [0, 0.05) is 12.2 Å². The zero-order valence-corrected chi connectivity index (χ0v) is 17.2. The fourth-order valence-electron chi connectivity index (χ4n) is 2.46. The first kappa shape index (κ1) is 21.2. The largest absolute Gasteiger partial charge is 0.352 e. The molecule has 2 rings (SSSR count). The van der Waals surface area contributed by atoms with Crippen LogP contribution < -0.4 is 10.0 Å². The third kappa shape index (κ3) is 6.23. The van der Waals surface area contributed by atoms with Gasteiger partial charge in [-0.2, -0.15) is 0 Å². The Morgan fingerprint density at radius 1 is 1.15 bits per heavy atom. The van der Waals surface area contributed by atoms with Gasteiger partial charge in [-0.15, -0.1) is 0 Å². The van der Waals surface area contributed by atoms with Crippen LogP contribution in [0.5, 0.6) is 0 Å². The highest BCUT2D eigenvalue weighted by molar-refractivity contribution is 7.92. The van der Waals surface area contributed by atoms with Crippen molar-refractivity contribution in [2.75, 3.05) is 31.9 Å². The minimum Gasteiger partial charge on any atom is -0.352 e. The third-order valence-corrected chi connectivity index (χ3v) is 5.54. The van der Waals surface area contributed by atoms with Crippen molar-refractivity contribution in [2.45, 2.75) is 18.2 Å². The number of sulfonamides is 1. The Morgan fingerprint density at radius 3 is 2.56 bits per heavy atom. The number of aryl methyl sites for hydroxylation is 1. The summed E-state index contributed by atoms with van der Waals surface area (Å²) in [6.45, 7) is 3.19. The molecule has 8 heteroatoms. The molecule has 0 unspecified atom stereocenters. The van der Waals surface area contributed by atoms with Crippen LogP contribution in [0.3, 0.4) is 0 Å². The standard InChI is InChI=1S/C19H24ClN3O3S/c1-14-6-4-7-15(12-14)22-27(25,26)16-8-9-18(20)17(13-16)19(24)21-10-5-11-23(2)3/h4,6-9,12-13,22H,5,10-11H2,1-3H3,(H,21,24). The Hall–Kier alpha value is -2.09. The molecule has 0 radical (unpaired) electrons. The summed E-state index contributed by atoms with van der Waals surface area (Å²) in [7, 11) is 0.0707. The van der Waals surface area contributed by atoms with Gasteiger partial charge in [0.2, 0.25) is 0 Å². The zero-order valence-electron chi connectivity index (χ0n) is 15.6. The summed E-state index contributed by atoms with van der Waals surface area (Å²) in [4.78, 5) is 14.4. The second kappa shape index (κ2) is 9.21. The van der Waals surface area contributed by atoms with Crippen molar-refractivity contribution < 1.29 is 13.2 Å². The van der Waals surface area contributed by atoms with Gasteiger partial charge in [0.25, 0.3) is 15.9 Å². The summed E-state index contributed by atoms with van der Waals surface area (Å²) in [5.74, 6) is -0.397. The van der Waals surface area contributed by atoms with E-state index < -0.39 is 15.9 Å². The number of hydrogen-bond acceptors (Lipinski definition) is 4. The predicted octanol–water partition coefficient (Wildman–Crippen LogP) is 3.13. The van der Waals surface area contributed by atoms with E-state index in [0.717, 1.165) is 18.5 Å². The van der Waals surface area contributed by atoms with Gasteiger partial charge >= 0.3 is 0 Å². The van der Waals surface area contributed by atoms with E-state index in [-0.39, 0.29) is 15.5 Å². The quantitative estimate of drug-likeness (QED) is 0.656. The lowest BCUT2D eigenvalue weighted by Crippen LogP contribution is -2.27. The molecule has 0 bridgehead atoms. The molecule has 2 aromatic rings. The van der Waals surface area contributed by atoms with Gasteiger partial charge in [0.05, 0.1) is 15.5 Å². The molecule has 0 aliphatic heterocycles. The van der Waals surface area contributed by atoms with Crippen molar-refractivity contribution in [1.82, 2.24) is 10.2 Å². The smallest absolute Gasteiger partial charge is 0.261 e. The molecule has 2 N–H and O–H groups in total. The molecule has 1 amide bonds. The van der Waals surface area contributed by atoms with Gasteiger partial charge in [0.15, 0.2) is 0 Å². The summed E-state index contributed by atoms with van der Waals surface area (Å²) in [5, 5.41) is 2.97. The van der Waals surface area contributed by atoms with E-state index in [2.05, 4.69) is 10.0 Å². The molecule has 0 saturated heterocycles. The first-order valence-electron chi connectivity index (χ1n) is 8.51. The van der Waals surface area contributed by atoms with Crippen LogP contribution in [0.15, 0.2) is 47.4 Å². The normalized spacial score (nSPS) is 11.4. The van der Waals surface area contributed by atoms with E-state index in [9.17, 15) is 13.2 Å². The highest BCUT2D eigenvalue weighted by Gasteiger charge is 2.19. The Morgan fingerprint density at radius 2 is 1.89 bits per heavy atom. The van der Waals surface area contributed by atoms with Crippen molar-refractivity contribution in [1.29, 1.82) is 0 Å². The zero-order chi connectivity index (χ0) is 20.0. The van der Waals surface area contributed by atoms with E-state index in [0.29, 0.717) is 12.2 Å². The van der Waals surface area contributed by atoms with Crippen LogP contribution >= 0.6 is 11.6 Å². The SMILES string of the molecule is Cc1cccc(NS(=O)(=O)c2ccc(Cl)c(C(=O)NCCCN(C)C)c2)c1. The minimum atomic E-state index is -3.83. The molecule has 2 aromatic carbocycles. The second-order valence-electron chi connectivity index (χ2n) is 6.53. The Balaban J connectivity index is 2.16. The molecule has 0 aliphatic carbocycles. The summed E-state index contributed by atoms with van der Waals surface area (Å²) < 4.78 is 27.8. The lowest BCUT2D eigenvalue weighted by Gasteiger charge is -2.12. The van der Waals surface area contributed by atoms with Crippen LogP contribution in [0.25, 0.3) is 0 Å². The van der Waals surface area contributed by atoms with E-state index in [1.807, 2.05) is 32.0 Å². The van der Waals surface area contributed by atoms with E-state index in [1.54, 1.807) is 18.2 Å². The Kier molecular flexibility index (Phi) is 7.24. The highest BCUT2D eigenvalue weighted by Crippen LogP contribution is 2.23. The van der Waals surface area contributed by atoms with Crippen molar-refractivity contribution in [3.8, 4) is 0 Å². The van der Waals surface area contributed by atoms with Gasteiger partial charge in [-0.25, -0.2) is 8.42 Å². The summed E-state index contributed by atoms with van der Waals surface area (Å²) >= 11 is 6.10. The maximum Gasteiger partial charge on any atom is 0.261 e. The number of halogens is 1. The van der Waals surface area contributed by atoms with Crippen LogP contribution in [0, 0.1) is 6.92 Å². The number of hydrogen-bond donors (Lipinski definition) is 2. The molecule has 27 heavy (non-hydrogen) atoms. The number of carbonyl (C=O) groups excluding carboxylic acids is 1. The molecule has 0 fully saturated rings. The van der Waals surface area contributed by atoms with Gasteiger partial charge in [-0.05, 0) is 69.9 Å². The Labute approximate surface area is 165 Å². The van der Waals surface area contributed by atoms with Crippen LogP contribution in [0.4, 0.5) is 5.69 Å². The first-order valence-corrected chi connectivity index (χ1v) is 10.4. The summed E-state index contributed by atoms with van der Waals surface area (Å²) in [5.41, 5.74) is 1.53. The molecule has 0 aliphatic rings. The second-order valence-corrected chi connectivity index (χ2v) is 8.62. The maximum absolute atomic E-state index is 12.6. The molecule has 146 valence electrons. The number of carbonyl (C=O) groups is 1. The molecular formula is C19H24ClN3O3S. The maximum atomic E-state index is 12.6. The lowest BCUT2D eigenvalue weighted by molar-refractivity contribution is 0.0952. The Bertz CT molecular complexity index is 914. The topological polar surface area (TPSA) is 78.5 Å². The van der Waals surface area contributed by atoms with Gasteiger partial charge in [-0.3, -0.25) is 9.52 Å². The van der Waals surface area contributed by atoms with Crippen LogP contribution in [0.2, 0.25) is 5.02 Å². The highest BCUT2D eigenvalue weighted by atomic mass is 35.5. The fraction of sp³-hybridized carbons (Fsp3) is 0.316. The van der Waals surface area contributed by atoms with Crippen LogP contribution in [-0.4, -0.2) is 46.4 Å². The van der Waals surface area contributed by atoms with Crippen LogP contribution in [-0.2, 0) is 10.0 Å². The molecule has 0 spiro atoms. The molecule has 6 nitrogen and oxygen atoms in total. The predicted molar refractivity (Wildman–Crippen MR) is 109 cm³/mol. The fourth-order valence-corrected chi connectivity index (χ4v) is 3.74. The molecular weight excluding hydrogens is 386 g/mol.